The van der Waals surface area contributed by atoms with Crippen LogP contribution in [-0.2, 0) is 0 Å². The number of amides is 1. The molecular weight excluding hydrogens is 204 g/mol. The Hall–Kier alpha value is -1.65. The van der Waals surface area contributed by atoms with E-state index in [-0.39, 0.29) is 5.91 Å². The zero-order valence-electron chi connectivity index (χ0n) is 9.39. The first kappa shape index (κ1) is 10.9. The lowest BCUT2D eigenvalue weighted by Gasteiger charge is -2.19. The van der Waals surface area contributed by atoms with Crippen LogP contribution in [0.5, 0.6) is 0 Å². The Balaban J connectivity index is 2.06. The van der Waals surface area contributed by atoms with Crippen molar-refractivity contribution in [2.24, 2.45) is 5.92 Å². The molecule has 5 heteroatoms. The summed E-state index contributed by atoms with van der Waals surface area (Å²) in [4.78, 5) is 21.7. The second kappa shape index (κ2) is 4.47. The smallest absolute Gasteiger partial charge is 0.274 e. The molecule has 0 spiro atoms. The van der Waals surface area contributed by atoms with E-state index in [0.717, 1.165) is 6.54 Å². The number of hydrogen-bond donors (Lipinski definition) is 1. The molecule has 1 heterocycles. The molecule has 2 N–H and O–H groups in total. The van der Waals surface area contributed by atoms with Crippen LogP contribution in [0.15, 0.2) is 12.4 Å². The van der Waals surface area contributed by atoms with Crippen LogP contribution in [0, 0.1) is 5.92 Å². The molecule has 0 bridgehead atoms. The van der Waals surface area contributed by atoms with Gasteiger partial charge in [-0.1, -0.05) is 0 Å². The normalized spacial score (nSPS) is 14.8. The highest BCUT2D eigenvalue weighted by Gasteiger charge is 2.26. The molecule has 1 aliphatic carbocycles. The number of carbonyl (C=O) groups is 1. The Kier molecular flexibility index (Phi) is 3.03. The van der Waals surface area contributed by atoms with E-state index >= 15 is 0 Å². The Morgan fingerprint density at radius 2 is 2.25 bits per heavy atom. The van der Waals surface area contributed by atoms with Crippen molar-refractivity contribution in [2.75, 3.05) is 18.8 Å². The maximum atomic E-state index is 12.0. The van der Waals surface area contributed by atoms with Crippen LogP contribution < -0.4 is 5.73 Å². The first-order valence-corrected chi connectivity index (χ1v) is 5.57. The molecule has 0 unspecified atom stereocenters. The van der Waals surface area contributed by atoms with Crippen molar-refractivity contribution in [3.8, 4) is 0 Å². The lowest BCUT2D eigenvalue weighted by atomic mass is 10.3. The van der Waals surface area contributed by atoms with Gasteiger partial charge in [0.25, 0.3) is 5.91 Å². The minimum Gasteiger partial charge on any atom is -0.382 e. The molecule has 16 heavy (non-hydrogen) atoms. The van der Waals surface area contributed by atoms with E-state index in [9.17, 15) is 4.79 Å². The van der Waals surface area contributed by atoms with Crippen LogP contribution in [0.2, 0.25) is 0 Å². The summed E-state index contributed by atoms with van der Waals surface area (Å²) in [7, 11) is 0. The Labute approximate surface area is 94.7 Å². The number of anilines is 1. The average molecular weight is 220 g/mol. The average Bonchev–Trinajstić information content (AvgIpc) is 3.10. The predicted molar refractivity (Wildman–Crippen MR) is 60.7 cm³/mol. The summed E-state index contributed by atoms with van der Waals surface area (Å²) >= 11 is 0. The maximum Gasteiger partial charge on any atom is 0.274 e. The maximum absolute atomic E-state index is 12.0. The molecule has 1 aromatic rings. The fourth-order valence-corrected chi connectivity index (χ4v) is 1.58. The highest BCUT2D eigenvalue weighted by atomic mass is 16.2. The topological polar surface area (TPSA) is 72.1 Å². The van der Waals surface area contributed by atoms with Gasteiger partial charge in [0.15, 0.2) is 0 Å². The van der Waals surface area contributed by atoms with Gasteiger partial charge in [-0.15, -0.1) is 0 Å². The molecule has 1 saturated carbocycles. The Bertz CT molecular complexity index is 372. The first-order valence-electron chi connectivity index (χ1n) is 5.57. The molecule has 1 fully saturated rings. The fourth-order valence-electron chi connectivity index (χ4n) is 1.58. The first-order chi connectivity index (χ1) is 7.70. The number of hydrogen-bond acceptors (Lipinski definition) is 4. The monoisotopic (exact) mass is 220 g/mol. The summed E-state index contributed by atoms with van der Waals surface area (Å²) in [6.45, 7) is 3.52. The lowest BCUT2D eigenvalue weighted by molar-refractivity contribution is 0.0750. The van der Waals surface area contributed by atoms with E-state index in [0.29, 0.717) is 24.0 Å². The van der Waals surface area contributed by atoms with Gasteiger partial charge in [-0.2, -0.15) is 0 Å². The van der Waals surface area contributed by atoms with Crippen LogP contribution in [0.4, 0.5) is 5.82 Å². The molecule has 0 radical (unpaired) electrons. The predicted octanol–water partition coefficient (Wildman–Crippen LogP) is 0.931. The van der Waals surface area contributed by atoms with Crippen LogP contribution in [-0.4, -0.2) is 33.9 Å². The van der Waals surface area contributed by atoms with Crippen molar-refractivity contribution < 1.29 is 4.79 Å². The van der Waals surface area contributed by atoms with Gasteiger partial charge in [0.1, 0.15) is 11.5 Å². The second-order valence-corrected chi connectivity index (χ2v) is 4.11. The zero-order valence-corrected chi connectivity index (χ0v) is 9.39. The quantitative estimate of drug-likeness (QED) is 0.819. The van der Waals surface area contributed by atoms with Gasteiger partial charge >= 0.3 is 0 Å². The van der Waals surface area contributed by atoms with Gasteiger partial charge in [0.05, 0.1) is 12.4 Å². The third kappa shape index (κ3) is 2.48. The molecule has 5 nitrogen and oxygen atoms in total. The van der Waals surface area contributed by atoms with E-state index in [4.69, 9.17) is 5.73 Å². The number of rotatable bonds is 4. The van der Waals surface area contributed by atoms with Gasteiger partial charge in [0, 0.05) is 13.1 Å². The molecular formula is C11H16N4O. The van der Waals surface area contributed by atoms with E-state index in [1.807, 2.05) is 11.8 Å². The minimum atomic E-state index is -0.0538. The van der Waals surface area contributed by atoms with Crippen molar-refractivity contribution >= 4 is 11.7 Å². The third-order valence-corrected chi connectivity index (χ3v) is 2.74. The highest BCUT2D eigenvalue weighted by Crippen LogP contribution is 2.29. The van der Waals surface area contributed by atoms with Crippen LogP contribution in [0.3, 0.4) is 0 Å². The number of carbonyl (C=O) groups excluding carboxylic acids is 1. The summed E-state index contributed by atoms with van der Waals surface area (Å²) in [5.41, 5.74) is 5.80. The van der Waals surface area contributed by atoms with Crippen molar-refractivity contribution in [1.82, 2.24) is 14.9 Å². The Morgan fingerprint density at radius 3 is 2.75 bits per heavy atom. The van der Waals surface area contributed by atoms with Crippen molar-refractivity contribution in [1.29, 1.82) is 0 Å². The molecule has 1 amide bonds. The van der Waals surface area contributed by atoms with Gasteiger partial charge in [0.2, 0.25) is 0 Å². The number of aromatic nitrogens is 2. The van der Waals surface area contributed by atoms with Crippen LogP contribution in [0.25, 0.3) is 0 Å². The standard InChI is InChI=1S/C11H16N4O/c1-2-15(7-8-3-4-8)11(16)9-5-14-10(12)6-13-9/h5-6,8H,2-4,7H2,1H3,(H2,12,14). The number of nitrogens with zero attached hydrogens (tertiary/aromatic N) is 3. The molecule has 1 aromatic heterocycles. The van der Waals surface area contributed by atoms with Gasteiger partial charge in [-0.3, -0.25) is 4.79 Å². The fraction of sp³-hybridized carbons (Fsp3) is 0.545. The van der Waals surface area contributed by atoms with E-state index < -0.39 is 0 Å². The molecule has 1 aliphatic rings. The number of nitrogens with two attached hydrogens (primary N) is 1. The molecule has 0 aliphatic heterocycles. The van der Waals surface area contributed by atoms with E-state index in [1.54, 1.807) is 0 Å². The Morgan fingerprint density at radius 1 is 1.50 bits per heavy atom. The van der Waals surface area contributed by atoms with Crippen LogP contribution >= 0.6 is 0 Å². The second-order valence-electron chi connectivity index (χ2n) is 4.11. The van der Waals surface area contributed by atoms with Crippen molar-refractivity contribution in [3.05, 3.63) is 18.1 Å². The molecule has 86 valence electrons. The van der Waals surface area contributed by atoms with Crippen molar-refractivity contribution in [3.63, 3.8) is 0 Å². The summed E-state index contributed by atoms with van der Waals surface area (Å²) in [5.74, 6) is 0.967. The lowest BCUT2D eigenvalue weighted by Crippen LogP contribution is -2.33. The summed E-state index contributed by atoms with van der Waals surface area (Å²) in [5, 5.41) is 0. The number of nitrogen functional groups attached to an aromatic ring is 1. The third-order valence-electron chi connectivity index (χ3n) is 2.74. The van der Waals surface area contributed by atoms with Crippen molar-refractivity contribution in [2.45, 2.75) is 19.8 Å². The summed E-state index contributed by atoms with van der Waals surface area (Å²) in [6, 6.07) is 0. The zero-order chi connectivity index (χ0) is 11.5. The van der Waals surface area contributed by atoms with Gasteiger partial charge in [-0.25, -0.2) is 9.97 Å². The molecule has 0 atom stereocenters. The molecule has 0 saturated heterocycles. The van der Waals surface area contributed by atoms with E-state index in [2.05, 4.69) is 9.97 Å². The molecule has 0 aromatic carbocycles. The largest absolute Gasteiger partial charge is 0.382 e. The van der Waals surface area contributed by atoms with Crippen LogP contribution in [0.1, 0.15) is 30.3 Å². The summed E-state index contributed by atoms with van der Waals surface area (Å²) in [6.07, 6.45) is 5.32. The molecule has 2 rings (SSSR count). The highest BCUT2D eigenvalue weighted by molar-refractivity contribution is 5.92. The minimum absolute atomic E-state index is 0.0538. The van der Waals surface area contributed by atoms with E-state index in [1.165, 1.54) is 25.2 Å². The SMILES string of the molecule is CCN(CC1CC1)C(=O)c1cnc(N)cn1. The van der Waals surface area contributed by atoms with Gasteiger partial charge in [-0.05, 0) is 25.7 Å². The summed E-state index contributed by atoms with van der Waals surface area (Å²) < 4.78 is 0. The van der Waals surface area contributed by atoms with Gasteiger partial charge < -0.3 is 10.6 Å².